The molecule has 0 aliphatic carbocycles. The van der Waals surface area contributed by atoms with Gasteiger partial charge in [-0.25, -0.2) is 0 Å². The highest BCUT2D eigenvalue weighted by molar-refractivity contribution is 9.10. The topological polar surface area (TPSA) is 80.6 Å². The van der Waals surface area contributed by atoms with Gasteiger partial charge >= 0.3 is 0 Å². The molecule has 4 rings (SSSR count). The van der Waals surface area contributed by atoms with Crippen LogP contribution in [0, 0.1) is 18.3 Å². The van der Waals surface area contributed by atoms with Crippen molar-refractivity contribution >= 4 is 45.2 Å². The third-order valence-electron chi connectivity index (χ3n) is 5.94. The van der Waals surface area contributed by atoms with E-state index in [4.69, 9.17) is 25.8 Å². The Morgan fingerprint density at radius 3 is 2.20 bits per heavy atom. The summed E-state index contributed by atoms with van der Waals surface area (Å²) in [6, 6.07) is 28.1. The van der Waals surface area contributed by atoms with E-state index in [1.54, 1.807) is 36.4 Å². The maximum absolute atomic E-state index is 12.9. The van der Waals surface area contributed by atoms with E-state index in [9.17, 15) is 10.1 Å². The SMILES string of the molecule is CCOc1cc(/C=C(\C#N)C(=O)Nc2ccc(OCc3ccc(C)cc3)cc2)cc(Cl)c1OCc1ccc(Br)cc1. The minimum atomic E-state index is -0.550. The van der Waals surface area contributed by atoms with E-state index in [-0.39, 0.29) is 5.57 Å². The molecule has 1 amide bonds. The van der Waals surface area contributed by atoms with Crippen molar-refractivity contribution in [3.63, 3.8) is 0 Å². The highest BCUT2D eigenvalue weighted by Crippen LogP contribution is 2.38. The van der Waals surface area contributed by atoms with Crippen LogP contribution in [0.15, 0.2) is 95.0 Å². The van der Waals surface area contributed by atoms with Crippen LogP contribution in [-0.4, -0.2) is 12.5 Å². The largest absolute Gasteiger partial charge is 0.490 e. The van der Waals surface area contributed by atoms with Gasteiger partial charge in [-0.3, -0.25) is 4.79 Å². The molecule has 4 aromatic rings. The molecule has 41 heavy (non-hydrogen) atoms. The molecular formula is C33H28BrClN2O4. The summed E-state index contributed by atoms with van der Waals surface area (Å²) >= 11 is 9.97. The van der Waals surface area contributed by atoms with Gasteiger partial charge in [0, 0.05) is 10.2 Å². The molecule has 0 unspecified atom stereocenters. The summed E-state index contributed by atoms with van der Waals surface area (Å²) in [6.45, 7) is 5.00. The molecule has 6 nitrogen and oxygen atoms in total. The summed E-state index contributed by atoms with van der Waals surface area (Å²) in [5.41, 5.74) is 4.19. The Kier molecular flexibility index (Phi) is 10.4. The molecular weight excluding hydrogens is 604 g/mol. The van der Waals surface area contributed by atoms with Crippen LogP contribution in [0.1, 0.15) is 29.2 Å². The second-order valence-corrected chi connectivity index (χ2v) is 10.4. The van der Waals surface area contributed by atoms with Gasteiger partial charge in [0.1, 0.15) is 30.6 Å². The van der Waals surface area contributed by atoms with Gasteiger partial charge in [0.25, 0.3) is 5.91 Å². The summed E-state index contributed by atoms with van der Waals surface area (Å²) in [6.07, 6.45) is 1.46. The lowest BCUT2D eigenvalue weighted by Gasteiger charge is -2.15. The Morgan fingerprint density at radius 1 is 0.927 bits per heavy atom. The minimum Gasteiger partial charge on any atom is -0.490 e. The number of nitrogens with one attached hydrogen (secondary N) is 1. The molecule has 0 aromatic heterocycles. The lowest BCUT2D eigenvalue weighted by atomic mass is 10.1. The molecule has 0 heterocycles. The number of benzene rings is 4. The third kappa shape index (κ3) is 8.62. The normalized spacial score (nSPS) is 11.0. The van der Waals surface area contributed by atoms with E-state index in [1.165, 1.54) is 11.6 Å². The van der Waals surface area contributed by atoms with Crippen LogP contribution in [0.2, 0.25) is 5.02 Å². The van der Waals surface area contributed by atoms with Crippen LogP contribution >= 0.6 is 27.5 Å². The van der Waals surface area contributed by atoms with Crippen molar-refractivity contribution in [3.05, 3.63) is 122 Å². The summed E-state index contributed by atoms with van der Waals surface area (Å²) in [5, 5.41) is 12.8. The predicted molar refractivity (Wildman–Crippen MR) is 165 cm³/mol. The maximum Gasteiger partial charge on any atom is 0.266 e. The molecule has 0 aliphatic heterocycles. The number of aryl methyl sites for hydroxylation is 1. The minimum absolute atomic E-state index is 0.0910. The van der Waals surface area contributed by atoms with E-state index in [0.29, 0.717) is 53.3 Å². The molecule has 1 N–H and O–H groups in total. The van der Waals surface area contributed by atoms with Crippen molar-refractivity contribution in [3.8, 4) is 23.3 Å². The number of nitrogens with zero attached hydrogens (tertiary/aromatic N) is 1. The van der Waals surface area contributed by atoms with Crippen molar-refractivity contribution < 1.29 is 19.0 Å². The van der Waals surface area contributed by atoms with Crippen LogP contribution in [0.25, 0.3) is 6.08 Å². The number of hydrogen-bond donors (Lipinski definition) is 1. The Balaban J connectivity index is 1.43. The number of amides is 1. The molecule has 0 radical (unpaired) electrons. The lowest BCUT2D eigenvalue weighted by Crippen LogP contribution is -2.13. The van der Waals surface area contributed by atoms with Crippen molar-refractivity contribution in [1.29, 1.82) is 5.26 Å². The Bertz CT molecular complexity index is 1560. The maximum atomic E-state index is 12.9. The van der Waals surface area contributed by atoms with E-state index in [1.807, 2.05) is 68.4 Å². The lowest BCUT2D eigenvalue weighted by molar-refractivity contribution is -0.112. The number of ether oxygens (including phenoxy) is 3. The van der Waals surface area contributed by atoms with Crippen LogP contribution in [0.3, 0.4) is 0 Å². The van der Waals surface area contributed by atoms with Crippen LogP contribution in [-0.2, 0) is 18.0 Å². The molecule has 0 atom stereocenters. The zero-order valence-electron chi connectivity index (χ0n) is 22.6. The van der Waals surface area contributed by atoms with Gasteiger partial charge in [-0.2, -0.15) is 5.26 Å². The molecule has 0 saturated carbocycles. The molecule has 4 aromatic carbocycles. The number of anilines is 1. The van der Waals surface area contributed by atoms with E-state index < -0.39 is 5.91 Å². The van der Waals surface area contributed by atoms with Crippen LogP contribution in [0.4, 0.5) is 5.69 Å². The van der Waals surface area contributed by atoms with Crippen molar-refractivity contribution in [2.24, 2.45) is 0 Å². The Morgan fingerprint density at radius 2 is 1.56 bits per heavy atom. The Labute approximate surface area is 253 Å². The third-order valence-corrected chi connectivity index (χ3v) is 6.75. The molecule has 0 aliphatic rings. The van der Waals surface area contributed by atoms with E-state index in [2.05, 4.69) is 21.2 Å². The number of carbonyl (C=O) groups excluding carboxylic acids is 1. The highest BCUT2D eigenvalue weighted by atomic mass is 79.9. The fraction of sp³-hybridized carbons (Fsp3) is 0.152. The predicted octanol–water partition coefficient (Wildman–Crippen LogP) is 8.51. The van der Waals surface area contributed by atoms with Crippen LogP contribution < -0.4 is 19.5 Å². The van der Waals surface area contributed by atoms with Crippen LogP contribution in [0.5, 0.6) is 17.2 Å². The van der Waals surface area contributed by atoms with Gasteiger partial charge in [-0.05, 0) is 85.1 Å². The van der Waals surface area contributed by atoms with Crippen molar-refractivity contribution in [2.45, 2.75) is 27.1 Å². The first-order valence-corrected chi connectivity index (χ1v) is 14.1. The zero-order valence-corrected chi connectivity index (χ0v) is 25.0. The molecule has 208 valence electrons. The molecule has 0 spiro atoms. The zero-order chi connectivity index (χ0) is 29.2. The molecule has 0 saturated heterocycles. The summed E-state index contributed by atoms with van der Waals surface area (Å²) in [4.78, 5) is 12.9. The average Bonchev–Trinajstić information content (AvgIpc) is 2.97. The van der Waals surface area contributed by atoms with Crippen molar-refractivity contribution in [1.82, 2.24) is 0 Å². The monoisotopic (exact) mass is 630 g/mol. The molecule has 0 bridgehead atoms. The van der Waals surface area contributed by atoms with E-state index >= 15 is 0 Å². The molecule has 0 fully saturated rings. The first kappa shape index (κ1) is 29.7. The van der Waals surface area contributed by atoms with Gasteiger partial charge < -0.3 is 19.5 Å². The number of rotatable bonds is 11. The van der Waals surface area contributed by atoms with Gasteiger partial charge in [-0.1, -0.05) is 69.5 Å². The summed E-state index contributed by atoms with van der Waals surface area (Å²) in [7, 11) is 0. The first-order chi connectivity index (χ1) is 19.8. The summed E-state index contributed by atoms with van der Waals surface area (Å²) < 4.78 is 18.5. The average molecular weight is 632 g/mol. The van der Waals surface area contributed by atoms with Crippen molar-refractivity contribution in [2.75, 3.05) is 11.9 Å². The summed E-state index contributed by atoms with van der Waals surface area (Å²) in [5.74, 6) is 0.925. The number of hydrogen-bond acceptors (Lipinski definition) is 5. The number of carbonyl (C=O) groups is 1. The quantitative estimate of drug-likeness (QED) is 0.133. The second kappa shape index (κ2) is 14.4. The number of halogens is 2. The first-order valence-electron chi connectivity index (χ1n) is 12.9. The number of nitriles is 1. The fourth-order valence-corrected chi connectivity index (χ4v) is 4.35. The van der Waals surface area contributed by atoms with Gasteiger partial charge in [0.05, 0.1) is 11.6 Å². The highest BCUT2D eigenvalue weighted by Gasteiger charge is 2.15. The smallest absolute Gasteiger partial charge is 0.266 e. The van der Waals surface area contributed by atoms with Gasteiger partial charge in [-0.15, -0.1) is 0 Å². The van der Waals surface area contributed by atoms with E-state index in [0.717, 1.165) is 15.6 Å². The van der Waals surface area contributed by atoms with Gasteiger partial charge in [0.15, 0.2) is 11.5 Å². The standard InChI is InChI=1S/C33H28BrClN2O4/c1-3-39-31-18-25(17-30(35)32(31)41-21-24-8-10-27(34)11-9-24)16-26(19-36)33(38)37-28-12-14-29(15-13-28)40-20-23-6-4-22(2)5-7-23/h4-18H,3,20-21H2,1-2H3,(H,37,38)/b26-16+. The Hall–Kier alpha value is -4.25. The van der Waals surface area contributed by atoms with Gasteiger partial charge in [0.2, 0.25) is 0 Å². The fourth-order valence-electron chi connectivity index (χ4n) is 3.81. The molecule has 8 heteroatoms. The second-order valence-electron chi connectivity index (χ2n) is 9.10.